The molecule has 1 rings (SSSR count). The Morgan fingerprint density at radius 2 is 2.38 bits per heavy atom. The molecular weight excluding hydrogens is 166 g/mol. The Bertz CT molecular complexity index is 184. The average molecular weight is 185 g/mol. The van der Waals surface area contributed by atoms with Crippen molar-refractivity contribution >= 4 is 6.03 Å². The van der Waals surface area contributed by atoms with Gasteiger partial charge in [-0.1, -0.05) is 6.92 Å². The van der Waals surface area contributed by atoms with Gasteiger partial charge in [-0.3, -0.25) is 0 Å². The number of nitrogens with one attached hydrogen (secondary N) is 1. The van der Waals surface area contributed by atoms with E-state index in [-0.39, 0.29) is 18.1 Å². The van der Waals surface area contributed by atoms with Crippen LogP contribution in [0.15, 0.2) is 0 Å². The number of rotatable bonds is 2. The number of urea groups is 1. The van der Waals surface area contributed by atoms with Gasteiger partial charge < -0.3 is 16.0 Å². The molecule has 1 saturated heterocycles. The van der Waals surface area contributed by atoms with E-state index in [0.717, 1.165) is 19.4 Å². The summed E-state index contributed by atoms with van der Waals surface area (Å²) in [5.74, 6) is 0. The van der Waals surface area contributed by atoms with Crippen molar-refractivity contribution in [3.05, 3.63) is 0 Å². The van der Waals surface area contributed by atoms with E-state index in [4.69, 9.17) is 5.73 Å². The van der Waals surface area contributed by atoms with Crippen molar-refractivity contribution in [1.29, 1.82) is 0 Å². The van der Waals surface area contributed by atoms with Crippen LogP contribution in [0.1, 0.15) is 26.7 Å². The Labute approximate surface area is 79.5 Å². The molecule has 1 aliphatic heterocycles. The van der Waals surface area contributed by atoms with E-state index in [1.54, 1.807) is 0 Å². The molecule has 1 aliphatic rings. The summed E-state index contributed by atoms with van der Waals surface area (Å²) < 4.78 is 0. The summed E-state index contributed by atoms with van der Waals surface area (Å²) in [5.41, 5.74) is 5.76. The van der Waals surface area contributed by atoms with Crippen LogP contribution in [-0.2, 0) is 0 Å². The fraction of sp³-hybridized carbons (Fsp3) is 0.889. The quantitative estimate of drug-likeness (QED) is 0.659. The Kier molecular flexibility index (Phi) is 3.54. The molecule has 0 aromatic carbocycles. The second-order valence-corrected chi connectivity index (χ2v) is 3.73. The van der Waals surface area contributed by atoms with Crippen molar-refractivity contribution in [1.82, 2.24) is 10.2 Å². The number of hydrogen-bond acceptors (Lipinski definition) is 2. The lowest BCUT2D eigenvalue weighted by atomic mass is 10.2. The van der Waals surface area contributed by atoms with Crippen molar-refractivity contribution < 1.29 is 4.79 Å². The predicted molar refractivity (Wildman–Crippen MR) is 52.5 cm³/mol. The van der Waals surface area contributed by atoms with Gasteiger partial charge >= 0.3 is 6.03 Å². The molecule has 2 unspecified atom stereocenters. The van der Waals surface area contributed by atoms with Gasteiger partial charge in [0.05, 0.1) is 0 Å². The molecule has 0 aromatic rings. The highest BCUT2D eigenvalue weighted by Crippen LogP contribution is 2.15. The lowest BCUT2D eigenvalue weighted by Gasteiger charge is -2.21. The third-order valence-electron chi connectivity index (χ3n) is 2.39. The highest BCUT2D eigenvalue weighted by Gasteiger charge is 2.29. The molecule has 0 bridgehead atoms. The molecule has 0 aromatic heterocycles. The van der Waals surface area contributed by atoms with E-state index in [1.165, 1.54) is 0 Å². The number of hydrogen-bond donors (Lipinski definition) is 2. The van der Waals surface area contributed by atoms with E-state index in [0.29, 0.717) is 6.54 Å². The molecule has 0 saturated carbocycles. The maximum Gasteiger partial charge on any atom is 0.317 e. The Hall–Kier alpha value is -0.770. The van der Waals surface area contributed by atoms with Gasteiger partial charge in [-0.15, -0.1) is 0 Å². The Morgan fingerprint density at radius 3 is 2.85 bits per heavy atom. The number of likely N-dealkylation sites (tertiary alicyclic amines) is 1. The minimum absolute atomic E-state index is 0.0299. The van der Waals surface area contributed by atoms with Crippen molar-refractivity contribution in [2.24, 2.45) is 5.73 Å². The van der Waals surface area contributed by atoms with E-state index in [2.05, 4.69) is 5.32 Å². The number of nitrogens with zero attached hydrogens (tertiary/aromatic N) is 1. The molecule has 0 spiro atoms. The third kappa shape index (κ3) is 2.59. The molecule has 0 radical (unpaired) electrons. The van der Waals surface area contributed by atoms with Gasteiger partial charge in [0.2, 0.25) is 0 Å². The maximum absolute atomic E-state index is 11.5. The fourth-order valence-corrected chi connectivity index (χ4v) is 1.69. The van der Waals surface area contributed by atoms with Crippen molar-refractivity contribution in [3.63, 3.8) is 0 Å². The van der Waals surface area contributed by atoms with Crippen LogP contribution < -0.4 is 11.1 Å². The zero-order chi connectivity index (χ0) is 9.84. The third-order valence-corrected chi connectivity index (χ3v) is 2.39. The van der Waals surface area contributed by atoms with Gasteiger partial charge in [0.25, 0.3) is 0 Å². The Morgan fingerprint density at radius 1 is 1.69 bits per heavy atom. The minimum Gasteiger partial charge on any atom is -0.338 e. The molecule has 4 heteroatoms. The highest BCUT2D eigenvalue weighted by atomic mass is 16.2. The standard InChI is InChI=1S/C9H19N3O/c1-3-4-11-9(13)12-6-8(10)5-7(12)2/h7-8H,3-6,10H2,1-2H3,(H,11,13). The lowest BCUT2D eigenvalue weighted by Crippen LogP contribution is -2.42. The van der Waals surface area contributed by atoms with E-state index >= 15 is 0 Å². The first-order valence-electron chi connectivity index (χ1n) is 4.95. The summed E-state index contributed by atoms with van der Waals surface area (Å²) in [6, 6.07) is 0.469. The molecule has 1 fully saturated rings. The zero-order valence-corrected chi connectivity index (χ0v) is 8.42. The summed E-state index contributed by atoms with van der Waals surface area (Å²) >= 11 is 0. The number of amides is 2. The Balaban J connectivity index is 2.38. The molecule has 2 amide bonds. The number of nitrogens with two attached hydrogens (primary N) is 1. The second kappa shape index (κ2) is 4.46. The van der Waals surface area contributed by atoms with E-state index in [1.807, 2.05) is 18.7 Å². The van der Waals surface area contributed by atoms with Gasteiger partial charge in [-0.2, -0.15) is 0 Å². The average Bonchev–Trinajstić information content (AvgIpc) is 2.41. The van der Waals surface area contributed by atoms with Crippen molar-refractivity contribution in [3.8, 4) is 0 Å². The molecular formula is C9H19N3O. The van der Waals surface area contributed by atoms with Crippen LogP contribution in [0.5, 0.6) is 0 Å². The summed E-state index contributed by atoms with van der Waals surface area (Å²) in [7, 11) is 0. The van der Waals surface area contributed by atoms with Gasteiger partial charge in [-0.25, -0.2) is 4.79 Å². The summed E-state index contributed by atoms with van der Waals surface area (Å²) in [6.07, 6.45) is 1.89. The van der Waals surface area contributed by atoms with Crippen molar-refractivity contribution in [2.45, 2.75) is 38.8 Å². The number of carbonyl (C=O) groups excluding carboxylic acids is 1. The lowest BCUT2D eigenvalue weighted by molar-refractivity contribution is 0.196. The van der Waals surface area contributed by atoms with E-state index in [9.17, 15) is 4.79 Å². The molecule has 3 N–H and O–H groups in total. The van der Waals surface area contributed by atoms with Crippen LogP contribution in [0.25, 0.3) is 0 Å². The normalized spacial score (nSPS) is 27.8. The smallest absolute Gasteiger partial charge is 0.317 e. The fourth-order valence-electron chi connectivity index (χ4n) is 1.69. The predicted octanol–water partition coefficient (Wildman–Crippen LogP) is 0.527. The van der Waals surface area contributed by atoms with Crippen LogP contribution in [-0.4, -0.2) is 36.1 Å². The largest absolute Gasteiger partial charge is 0.338 e. The molecule has 2 atom stereocenters. The van der Waals surface area contributed by atoms with Crippen LogP contribution in [0.2, 0.25) is 0 Å². The van der Waals surface area contributed by atoms with Crippen molar-refractivity contribution in [2.75, 3.05) is 13.1 Å². The van der Waals surface area contributed by atoms with Crippen LogP contribution in [0.3, 0.4) is 0 Å². The van der Waals surface area contributed by atoms with Gasteiger partial charge in [0.15, 0.2) is 0 Å². The molecule has 0 aliphatic carbocycles. The van der Waals surface area contributed by atoms with Gasteiger partial charge in [-0.05, 0) is 19.8 Å². The van der Waals surface area contributed by atoms with Gasteiger partial charge in [0.1, 0.15) is 0 Å². The van der Waals surface area contributed by atoms with Gasteiger partial charge in [0, 0.05) is 25.2 Å². The summed E-state index contributed by atoms with van der Waals surface area (Å²) in [6.45, 7) is 5.52. The molecule has 76 valence electrons. The molecule has 4 nitrogen and oxygen atoms in total. The molecule has 13 heavy (non-hydrogen) atoms. The summed E-state index contributed by atoms with van der Waals surface area (Å²) in [5, 5.41) is 2.86. The maximum atomic E-state index is 11.5. The first-order chi connectivity index (χ1) is 6.15. The second-order valence-electron chi connectivity index (χ2n) is 3.73. The van der Waals surface area contributed by atoms with Crippen LogP contribution in [0.4, 0.5) is 4.79 Å². The highest BCUT2D eigenvalue weighted by molar-refractivity contribution is 5.74. The molecule has 1 heterocycles. The minimum atomic E-state index is 0.0299. The first kappa shape index (κ1) is 10.3. The summed E-state index contributed by atoms with van der Waals surface area (Å²) in [4.78, 5) is 13.3. The monoisotopic (exact) mass is 185 g/mol. The number of carbonyl (C=O) groups is 1. The van der Waals surface area contributed by atoms with Crippen LogP contribution in [0, 0.1) is 0 Å². The van der Waals surface area contributed by atoms with E-state index < -0.39 is 0 Å². The zero-order valence-electron chi connectivity index (χ0n) is 8.42. The first-order valence-corrected chi connectivity index (χ1v) is 4.95. The SMILES string of the molecule is CCCNC(=O)N1CC(N)CC1C. The van der Waals surface area contributed by atoms with Crippen LogP contribution >= 0.6 is 0 Å². The topological polar surface area (TPSA) is 58.4 Å².